The van der Waals surface area contributed by atoms with Crippen LogP contribution in [0.25, 0.3) is 0 Å². The quantitative estimate of drug-likeness (QED) is 0.798. The van der Waals surface area contributed by atoms with E-state index in [1.165, 1.54) is 6.92 Å². The summed E-state index contributed by atoms with van der Waals surface area (Å²) in [7, 11) is 1.58. The van der Waals surface area contributed by atoms with Crippen LogP contribution in [0.3, 0.4) is 0 Å². The molecule has 3 amide bonds. The Bertz CT molecular complexity index is 410. The van der Waals surface area contributed by atoms with Crippen molar-refractivity contribution in [2.45, 2.75) is 51.1 Å². The van der Waals surface area contributed by atoms with Crippen LogP contribution in [-0.2, 0) is 9.59 Å². The molecule has 0 spiro atoms. The van der Waals surface area contributed by atoms with Crippen molar-refractivity contribution in [3.05, 3.63) is 0 Å². The van der Waals surface area contributed by atoms with Crippen LogP contribution in [0.5, 0.6) is 0 Å². The molecule has 0 aromatic heterocycles. The minimum atomic E-state index is -0.325. The van der Waals surface area contributed by atoms with E-state index in [-0.39, 0.29) is 35.7 Å². The van der Waals surface area contributed by atoms with E-state index < -0.39 is 0 Å². The van der Waals surface area contributed by atoms with Crippen molar-refractivity contribution in [1.82, 2.24) is 15.5 Å². The van der Waals surface area contributed by atoms with Crippen molar-refractivity contribution in [3.63, 3.8) is 0 Å². The number of ketones is 1. The molecule has 3 atom stereocenters. The molecule has 0 aromatic rings. The predicted molar refractivity (Wildman–Crippen MR) is 74.1 cm³/mol. The third kappa shape index (κ3) is 2.94. The highest BCUT2D eigenvalue weighted by molar-refractivity contribution is 5.91. The molecule has 1 heterocycles. The van der Waals surface area contributed by atoms with Crippen LogP contribution in [0.15, 0.2) is 0 Å². The lowest BCUT2D eigenvalue weighted by Gasteiger charge is -2.28. The van der Waals surface area contributed by atoms with Crippen LogP contribution in [-0.4, -0.2) is 48.3 Å². The summed E-state index contributed by atoms with van der Waals surface area (Å²) >= 11 is 0. The molecule has 0 bridgehead atoms. The van der Waals surface area contributed by atoms with Crippen molar-refractivity contribution in [2.24, 2.45) is 5.92 Å². The first-order chi connectivity index (χ1) is 9.54. The van der Waals surface area contributed by atoms with Crippen molar-refractivity contribution >= 4 is 17.7 Å². The first-order valence-corrected chi connectivity index (χ1v) is 7.33. The van der Waals surface area contributed by atoms with Crippen molar-refractivity contribution in [2.75, 3.05) is 13.6 Å². The number of nitrogens with one attached hydrogen (secondary N) is 2. The number of nitrogens with zero attached hydrogens (tertiary/aromatic N) is 1. The zero-order chi connectivity index (χ0) is 14.7. The lowest BCUT2D eigenvalue weighted by Crippen LogP contribution is -2.49. The van der Waals surface area contributed by atoms with Gasteiger partial charge in [0.05, 0.1) is 6.04 Å². The maximum atomic E-state index is 12.7. The number of hydrogen-bond donors (Lipinski definition) is 2. The molecule has 0 aromatic carbocycles. The highest BCUT2D eigenvalue weighted by Crippen LogP contribution is 2.31. The Labute approximate surface area is 119 Å². The fourth-order valence-electron chi connectivity index (χ4n) is 3.43. The van der Waals surface area contributed by atoms with Crippen molar-refractivity contribution in [1.29, 1.82) is 0 Å². The second-order valence-corrected chi connectivity index (χ2v) is 5.65. The van der Waals surface area contributed by atoms with Gasteiger partial charge in [-0.2, -0.15) is 0 Å². The zero-order valence-electron chi connectivity index (χ0n) is 12.1. The number of amides is 3. The Balaban J connectivity index is 2.05. The maximum Gasteiger partial charge on any atom is 0.317 e. The second kappa shape index (κ2) is 6.24. The summed E-state index contributed by atoms with van der Waals surface area (Å²) in [6.45, 7) is 2.11. The van der Waals surface area contributed by atoms with Crippen molar-refractivity contribution in [3.8, 4) is 0 Å². The van der Waals surface area contributed by atoms with Gasteiger partial charge in [-0.05, 0) is 25.7 Å². The van der Waals surface area contributed by atoms with Gasteiger partial charge in [0.25, 0.3) is 0 Å². The number of hydrogen-bond acceptors (Lipinski definition) is 3. The summed E-state index contributed by atoms with van der Waals surface area (Å²) in [5.41, 5.74) is 0. The van der Waals surface area contributed by atoms with E-state index in [9.17, 15) is 14.4 Å². The van der Waals surface area contributed by atoms with Gasteiger partial charge in [-0.3, -0.25) is 9.59 Å². The third-order valence-electron chi connectivity index (χ3n) is 4.33. The molecule has 6 heteroatoms. The number of likely N-dealkylation sites (tertiary alicyclic amines) is 1. The molecule has 2 rings (SSSR count). The van der Waals surface area contributed by atoms with Gasteiger partial charge in [0, 0.05) is 32.5 Å². The fraction of sp³-hybridized carbons (Fsp3) is 0.786. The normalized spacial score (nSPS) is 29.3. The van der Waals surface area contributed by atoms with Crippen LogP contribution in [0, 0.1) is 5.92 Å². The Morgan fingerprint density at radius 3 is 2.50 bits per heavy atom. The van der Waals surface area contributed by atoms with Crippen LogP contribution >= 0.6 is 0 Å². The van der Waals surface area contributed by atoms with Crippen LogP contribution in [0.2, 0.25) is 0 Å². The maximum absolute atomic E-state index is 12.7. The van der Waals surface area contributed by atoms with Gasteiger partial charge in [0.1, 0.15) is 0 Å². The van der Waals surface area contributed by atoms with E-state index in [0.29, 0.717) is 6.54 Å². The molecule has 2 aliphatic rings. The highest BCUT2D eigenvalue weighted by Gasteiger charge is 2.41. The Morgan fingerprint density at radius 2 is 1.85 bits per heavy atom. The largest absolute Gasteiger partial charge is 0.353 e. The number of carbonyl (C=O) groups excluding carboxylic acids is 3. The zero-order valence-corrected chi connectivity index (χ0v) is 12.1. The second-order valence-electron chi connectivity index (χ2n) is 5.65. The van der Waals surface area contributed by atoms with Crippen LogP contribution in [0.1, 0.15) is 39.0 Å². The Hall–Kier alpha value is -1.59. The first kappa shape index (κ1) is 14.8. The standard InChI is InChI=1S/C14H23N3O3/c1-9(18)16-11-6-3-5-10(11)13(19)12-7-4-8-17(12)14(20)15-2/h10-12H,3-8H2,1-2H3,(H,15,20)(H,16,18). The summed E-state index contributed by atoms with van der Waals surface area (Å²) in [5.74, 6) is -0.124. The minimum absolute atomic E-state index is 0.0628. The molecule has 0 radical (unpaired) electrons. The van der Waals surface area contributed by atoms with Gasteiger partial charge in [0.2, 0.25) is 5.91 Å². The van der Waals surface area contributed by atoms with Gasteiger partial charge in [-0.1, -0.05) is 6.42 Å². The van der Waals surface area contributed by atoms with E-state index in [2.05, 4.69) is 10.6 Å². The summed E-state index contributed by atoms with van der Waals surface area (Å²) in [6.07, 6.45) is 4.20. The lowest BCUT2D eigenvalue weighted by atomic mass is 9.92. The smallest absolute Gasteiger partial charge is 0.317 e. The monoisotopic (exact) mass is 281 g/mol. The molecule has 3 unspecified atom stereocenters. The summed E-state index contributed by atoms with van der Waals surface area (Å²) in [5, 5.41) is 5.47. The number of carbonyl (C=O) groups is 3. The van der Waals surface area contributed by atoms with Gasteiger partial charge in [0.15, 0.2) is 5.78 Å². The SMILES string of the molecule is CNC(=O)N1CCCC1C(=O)C1CCCC1NC(C)=O. The summed E-state index contributed by atoms with van der Waals surface area (Å²) < 4.78 is 0. The summed E-state index contributed by atoms with van der Waals surface area (Å²) in [4.78, 5) is 37.3. The van der Waals surface area contributed by atoms with Crippen LogP contribution < -0.4 is 10.6 Å². The minimum Gasteiger partial charge on any atom is -0.353 e. The van der Waals surface area contributed by atoms with Gasteiger partial charge < -0.3 is 15.5 Å². The lowest BCUT2D eigenvalue weighted by molar-refractivity contribution is -0.127. The molecular weight excluding hydrogens is 258 g/mol. The van der Waals surface area contributed by atoms with Gasteiger partial charge >= 0.3 is 6.03 Å². The molecular formula is C14H23N3O3. The predicted octanol–water partition coefficient (Wildman–Crippen LogP) is 0.664. The van der Waals surface area contributed by atoms with Gasteiger partial charge in [-0.15, -0.1) is 0 Å². The molecule has 1 aliphatic carbocycles. The average molecular weight is 281 g/mol. The molecule has 112 valence electrons. The average Bonchev–Trinajstić information content (AvgIpc) is 3.04. The Kier molecular flexibility index (Phi) is 4.62. The first-order valence-electron chi connectivity index (χ1n) is 7.33. The topological polar surface area (TPSA) is 78.5 Å². The fourth-order valence-corrected chi connectivity index (χ4v) is 3.43. The van der Waals surface area contributed by atoms with Crippen LogP contribution in [0.4, 0.5) is 4.79 Å². The molecule has 2 fully saturated rings. The highest BCUT2D eigenvalue weighted by atomic mass is 16.2. The molecule has 20 heavy (non-hydrogen) atoms. The van der Waals surface area contributed by atoms with E-state index in [1.807, 2.05) is 0 Å². The Morgan fingerprint density at radius 1 is 1.10 bits per heavy atom. The van der Waals surface area contributed by atoms with E-state index in [0.717, 1.165) is 32.1 Å². The molecule has 1 aliphatic heterocycles. The molecule has 1 saturated carbocycles. The molecule has 1 saturated heterocycles. The van der Waals surface area contributed by atoms with E-state index in [1.54, 1.807) is 11.9 Å². The molecule has 6 nitrogen and oxygen atoms in total. The third-order valence-corrected chi connectivity index (χ3v) is 4.33. The van der Waals surface area contributed by atoms with Gasteiger partial charge in [-0.25, -0.2) is 4.79 Å². The van der Waals surface area contributed by atoms with E-state index in [4.69, 9.17) is 0 Å². The number of rotatable bonds is 3. The summed E-state index contributed by atoms with van der Waals surface area (Å²) in [6, 6.07) is -0.573. The number of Topliss-reactive ketones (excluding diaryl/α,β-unsaturated/α-hetero) is 1. The molecule has 2 N–H and O–H groups in total. The van der Waals surface area contributed by atoms with E-state index >= 15 is 0 Å². The number of urea groups is 1. The van der Waals surface area contributed by atoms with Crippen molar-refractivity contribution < 1.29 is 14.4 Å².